The average molecular weight is 289 g/mol. The molecule has 2 aromatic rings. The van der Waals surface area contributed by atoms with Crippen LogP contribution in [0.5, 0.6) is 5.75 Å². The molecule has 0 fully saturated rings. The van der Waals surface area contributed by atoms with Gasteiger partial charge in [0.15, 0.2) is 0 Å². The topological polar surface area (TPSA) is 72.5 Å². The highest BCUT2D eigenvalue weighted by Crippen LogP contribution is 2.27. The van der Waals surface area contributed by atoms with Gasteiger partial charge in [0.1, 0.15) is 17.3 Å². The molecule has 0 atom stereocenters. The van der Waals surface area contributed by atoms with Gasteiger partial charge in [0.2, 0.25) is 0 Å². The van der Waals surface area contributed by atoms with Crippen LogP contribution in [0.3, 0.4) is 0 Å². The molecule has 0 spiro atoms. The van der Waals surface area contributed by atoms with E-state index in [1.807, 2.05) is 35.1 Å². The SMILES string of the molecule is O=C1NS(=O)(=O)c2cc(OCc3ccccc3)ccc21. The summed E-state index contributed by atoms with van der Waals surface area (Å²) in [5.41, 5.74) is 1.13. The van der Waals surface area contributed by atoms with Crippen LogP contribution in [0.1, 0.15) is 15.9 Å². The van der Waals surface area contributed by atoms with Crippen molar-refractivity contribution in [2.24, 2.45) is 0 Å². The van der Waals surface area contributed by atoms with Gasteiger partial charge in [0, 0.05) is 6.07 Å². The van der Waals surface area contributed by atoms with Crippen molar-refractivity contribution in [1.29, 1.82) is 0 Å². The molecule has 0 bridgehead atoms. The predicted octanol–water partition coefficient (Wildman–Crippen LogP) is 1.70. The maximum atomic E-state index is 11.7. The van der Waals surface area contributed by atoms with E-state index >= 15 is 0 Å². The predicted molar refractivity (Wildman–Crippen MR) is 71.9 cm³/mol. The highest BCUT2D eigenvalue weighted by Gasteiger charge is 2.32. The quantitative estimate of drug-likeness (QED) is 0.933. The molecule has 1 N–H and O–H groups in total. The Balaban J connectivity index is 1.85. The molecule has 1 aliphatic rings. The summed E-state index contributed by atoms with van der Waals surface area (Å²) in [7, 11) is -3.74. The van der Waals surface area contributed by atoms with Crippen LogP contribution in [0.4, 0.5) is 0 Å². The number of nitrogens with one attached hydrogen (secondary N) is 1. The summed E-state index contributed by atoms with van der Waals surface area (Å²) in [5, 5.41) is 0. The molecule has 0 unspecified atom stereocenters. The lowest BCUT2D eigenvalue weighted by Gasteiger charge is -2.07. The van der Waals surface area contributed by atoms with Gasteiger partial charge in [-0.25, -0.2) is 13.1 Å². The number of hydrogen-bond acceptors (Lipinski definition) is 4. The fraction of sp³-hybridized carbons (Fsp3) is 0.0714. The molecule has 5 nitrogen and oxygen atoms in total. The molecular formula is C14H11NO4S. The van der Waals surface area contributed by atoms with Crippen LogP contribution in [0.15, 0.2) is 53.4 Å². The zero-order valence-electron chi connectivity index (χ0n) is 10.4. The minimum Gasteiger partial charge on any atom is -0.489 e. The highest BCUT2D eigenvalue weighted by atomic mass is 32.2. The van der Waals surface area contributed by atoms with Gasteiger partial charge in [-0.2, -0.15) is 0 Å². The van der Waals surface area contributed by atoms with Gasteiger partial charge >= 0.3 is 0 Å². The molecule has 0 saturated carbocycles. The van der Waals surface area contributed by atoms with E-state index in [0.717, 1.165) is 5.56 Å². The van der Waals surface area contributed by atoms with E-state index < -0.39 is 15.9 Å². The van der Waals surface area contributed by atoms with Gasteiger partial charge < -0.3 is 4.74 Å². The van der Waals surface area contributed by atoms with Crippen molar-refractivity contribution in [3.8, 4) is 5.75 Å². The Labute approximate surface area is 116 Å². The zero-order chi connectivity index (χ0) is 14.2. The number of sulfonamides is 1. The Hall–Kier alpha value is -2.34. The Bertz CT molecular complexity index is 769. The van der Waals surface area contributed by atoms with Crippen LogP contribution in [-0.2, 0) is 16.6 Å². The minimum absolute atomic E-state index is 0.0342. The first-order valence-corrected chi connectivity index (χ1v) is 7.42. The largest absolute Gasteiger partial charge is 0.489 e. The molecule has 3 rings (SSSR count). The Morgan fingerprint density at radius 2 is 1.80 bits per heavy atom. The summed E-state index contributed by atoms with van der Waals surface area (Å²) in [4.78, 5) is 11.4. The van der Waals surface area contributed by atoms with Crippen molar-refractivity contribution in [3.63, 3.8) is 0 Å². The first-order valence-electron chi connectivity index (χ1n) is 5.94. The maximum absolute atomic E-state index is 11.7. The fourth-order valence-corrected chi connectivity index (χ4v) is 3.16. The third-order valence-corrected chi connectivity index (χ3v) is 4.33. The van der Waals surface area contributed by atoms with E-state index in [9.17, 15) is 13.2 Å². The Kier molecular flexibility index (Phi) is 2.94. The van der Waals surface area contributed by atoms with Crippen LogP contribution < -0.4 is 9.46 Å². The number of rotatable bonds is 3. The van der Waals surface area contributed by atoms with Crippen LogP contribution in [0.25, 0.3) is 0 Å². The van der Waals surface area contributed by atoms with Crippen LogP contribution >= 0.6 is 0 Å². The molecule has 20 heavy (non-hydrogen) atoms. The molecule has 0 aliphatic carbocycles. The van der Waals surface area contributed by atoms with E-state index in [-0.39, 0.29) is 10.5 Å². The lowest BCUT2D eigenvalue weighted by atomic mass is 10.2. The normalized spacial score (nSPS) is 15.5. The summed E-state index contributed by atoms with van der Waals surface area (Å²) < 4.78 is 30.9. The van der Waals surface area contributed by atoms with E-state index in [4.69, 9.17) is 4.74 Å². The zero-order valence-corrected chi connectivity index (χ0v) is 11.2. The third kappa shape index (κ3) is 2.25. The second-order valence-electron chi connectivity index (χ2n) is 4.37. The minimum atomic E-state index is -3.74. The molecule has 0 saturated heterocycles. The summed E-state index contributed by atoms with van der Waals surface area (Å²) in [6, 6.07) is 13.9. The first kappa shape index (κ1) is 12.7. The number of carbonyl (C=O) groups is 1. The van der Waals surface area contributed by atoms with Crippen molar-refractivity contribution in [2.45, 2.75) is 11.5 Å². The average Bonchev–Trinajstić information content (AvgIpc) is 2.67. The summed E-state index contributed by atoms with van der Waals surface area (Å²) in [6.07, 6.45) is 0. The molecule has 2 aromatic carbocycles. The van der Waals surface area contributed by atoms with E-state index in [1.165, 1.54) is 12.1 Å². The number of fused-ring (bicyclic) bond motifs is 1. The summed E-state index contributed by atoms with van der Waals surface area (Å²) >= 11 is 0. The number of amides is 1. The fourth-order valence-electron chi connectivity index (χ4n) is 1.98. The van der Waals surface area contributed by atoms with E-state index in [0.29, 0.717) is 12.4 Å². The van der Waals surface area contributed by atoms with Crippen molar-refractivity contribution in [3.05, 3.63) is 59.7 Å². The number of ether oxygens (including phenoxy) is 1. The van der Waals surface area contributed by atoms with Crippen LogP contribution in [-0.4, -0.2) is 14.3 Å². The van der Waals surface area contributed by atoms with Gasteiger partial charge in [0.05, 0.1) is 5.56 Å². The maximum Gasteiger partial charge on any atom is 0.266 e. The standard InChI is InChI=1S/C14H11NO4S/c16-14-12-7-6-11(8-13(12)20(17,18)15-14)19-9-10-4-2-1-3-5-10/h1-8H,9H2,(H,15,16). The van der Waals surface area contributed by atoms with Crippen molar-refractivity contribution in [1.82, 2.24) is 4.72 Å². The van der Waals surface area contributed by atoms with Crippen molar-refractivity contribution in [2.75, 3.05) is 0 Å². The molecule has 1 aliphatic heterocycles. The smallest absolute Gasteiger partial charge is 0.266 e. The van der Waals surface area contributed by atoms with Gasteiger partial charge in [-0.1, -0.05) is 30.3 Å². The third-order valence-electron chi connectivity index (χ3n) is 2.96. The first-order chi connectivity index (χ1) is 9.56. The molecule has 0 aromatic heterocycles. The van der Waals surface area contributed by atoms with E-state index in [1.54, 1.807) is 6.07 Å². The van der Waals surface area contributed by atoms with Gasteiger partial charge in [-0.3, -0.25) is 4.79 Å². The summed E-state index contributed by atoms with van der Waals surface area (Å²) in [6.45, 7) is 0.334. The lowest BCUT2D eigenvalue weighted by molar-refractivity contribution is 0.0985. The second-order valence-corrected chi connectivity index (χ2v) is 6.02. The van der Waals surface area contributed by atoms with Gasteiger partial charge in [-0.15, -0.1) is 0 Å². The number of benzene rings is 2. The highest BCUT2D eigenvalue weighted by molar-refractivity contribution is 7.90. The van der Waals surface area contributed by atoms with Crippen molar-refractivity contribution < 1.29 is 17.9 Å². The summed E-state index contributed by atoms with van der Waals surface area (Å²) in [5.74, 6) is -0.192. The van der Waals surface area contributed by atoms with Gasteiger partial charge in [-0.05, 0) is 17.7 Å². The monoisotopic (exact) mass is 289 g/mol. The molecule has 102 valence electrons. The van der Waals surface area contributed by atoms with Crippen LogP contribution in [0.2, 0.25) is 0 Å². The Morgan fingerprint density at radius 3 is 2.55 bits per heavy atom. The van der Waals surface area contributed by atoms with Crippen molar-refractivity contribution >= 4 is 15.9 Å². The number of hydrogen-bond donors (Lipinski definition) is 1. The van der Waals surface area contributed by atoms with E-state index in [2.05, 4.69) is 0 Å². The number of carbonyl (C=O) groups excluding carboxylic acids is 1. The van der Waals surface area contributed by atoms with Gasteiger partial charge in [0.25, 0.3) is 15.9 Å². The molecule has 1 heterocycles. The van der Waals surface area contributed by atoms with Crippen LogP contribution in [0, 0.1) is 0 Å². The second kappa shape index (κ2) is 4.64. The lowest BCUT2D eigenvalue weighted by Crippen LogP contribution is -2.20. The molecule has 1 amide bonds. The molecule has 0 radical (unpaired) electrons. The molecular weight excluding hydrogens is 278 g/mol. The molecule has 6 heteroatoms. The Morgan fingerprint density at radius 1 is 1.05 bits per heavy atom.